The van der Waals surface area contributed by atoms with Gasteiger partial charge in [-0.25, -0.2) is 8.42 Å². The molecule has 3 rings (SSSR count). The standard InChI is InChI=1S/C20H25N3O3S2/c1-15-6-8-16(9-7-15)21-20(27)22-17-10-11-18(26-2)19(14-17)28(24,25)23-12-4-3-5-13-23/h6-11,14H,3-5,12-13H2,1-2H3,(H2,21,22,27). The average Bonchev–Trinajstić information content (AvgIpc) is 2.70. The molecule has 150 valence electrons. The second kappa shape index (κ2) is 8.89. The zero-order valence-electron chi connectivity index (χ0n) is 16.1. The Kier molecular flexibility index (Phi) is 6.53. The highest BCUT2D eigenvalue weighted by atomic mass is 32.2. The minimum absolute atomic E-state index is 0.153. The molecule has 28 heavy (non-hydrogen) atoms. The number of ether oxygens (including phenoxy) is 1. The smallest absolute Gasteiger partial charge is 0.246 e. The molecule has 6 nitrogen and oxygen atoms in total. The van der Waals surface area contributed by atoms with Crippen molar-refractivity contribution in [3.63, 3.8) is 0 Å². The number of hydrogen-bond donors (Lipinski definition) is 2. The molecule has 2 N–H and O–H groups in total. The lowest BCUT2D eigenvalue weighted by Crippen LogP contribution is -2.35. The summed E-state index contributed by atoms with van der Waals surface area (Å²) in [6, 6.07) is 12.8. The maximum atomic E-state index is 13.1. The summed E-state index contributed by atoms with van der Waals surface area (Å²) in [5, 5.41) is 6.54. The summed E-state index contributed by atoms with van der Waals surface area (Å²) >= 11 is 5.36. The van der Waals surface area contributed by atoms with Crippen LogP contribution in [-0.2, 0) is 10.0 Å². The zero-order valence-corrected chi connectivity index (χ0v) is 17.7. The van der Waals surface area contributed by atoms with E-state index in [0.29, 0.717) is 29.6 Å². The summed E-state index contributed by atoms with van der Waals surface area (Å²) < 4.78 is 33.0. The Balaban J connectivity index is 1.80. The SMILES string of the molecule is COc1ccc(NC(=S)Nc2ccc(C)cc2)cc1S(=O)(=O)N1CCCCC1. The fourth-order valence-electron chi connectivity index (χ4n) is 3.13. The molecule has 2 aromatic carbocycles. The van der Waals surface area contributed by atoms with Crippen molar-refractivity contribution in [2.24, 2.45) is 0 Å². The first-order valence-electron chi connectivity index (χ1n) is 9.23. The van der Waals surface area contributed by atoms with E-state index in [9.17, 15) is 8.42 Å². The zero-order chi connectivity index (χ0) is 20.1. The number of rotatable bonds is 5. The monoisotopic (exact) mass is 419 g/mol. The molecule has 0 saturated carbocycles. The third kappa shape index (κ3) is 4.81. The van der Waals surface area contributed by atoms with Gasteiger partial charge in [-0.3, -0.25) is 0 Å². The van der Waals surface area contributed by atoms with Crippen LogP contribution in [0.5, 0.6) is 5.75 Å². The van der Waals surface area contributed by atoms with Crippen molar-refractivity contribution in [3.8, 4) is 5.75 Å². The van der Waals surface area contributed by atoms with Gasteiger partial charge in [0.2, 0.25) is 10.0 Å². The Labute approximate surface area is 171 Å². The number of nitrogens with one attached hydrogen (secondary N) is 2. The van der Waals surface area contributed by atoms with E-state index in [1.165, 1.54) is 11.4 Å². The van der Waals surface area contributed by atoms with Gasteiger partial charge < -0.3 is 15.4 Å². The van der Waals surface area contributed by atoms with Gasteiger partial charge in [0.05, 0.1) is 7.11 Å². The van der Waals surface area contributed by atoms with Gasteiger partial charge in [0.15, 0.2) is 5.11 Å². The van der Waals surface area contributed by atoms with Crippen LogP contribution in [0.25, 0.3) is 0 Å². The summed E-state index contributed by atoms with van der Waals surface area (Å²) in [6.45, 7) is 3.09. The van der Waals surface area contributed by atoms with Crippen molar-refractivity contribution in [2.75, 3.05) is 30.8 Å². The predicted molar refractivity (Wildman–Crippen MR) is 117 cm³/mol. The maximum absolute atomic E-state index is 13.1. The van der Waals surface area contributed by atoms with Crippen molar-refractivity contribution in [1.82, 2.24) is 4.31 Å². The number of hydrogen-bond acceptors (Lipinski definition) is 4. The lowest BCUT2D eigenvalue weighted by molar-refractivity contribution is 0.343. The van der Waals surface area contributed by atoms with Crippen LogP contribution in [0.3, 0.4) is 0 Å². The van der Waals surface area contributed by atoms with Gasteiger partial charge >= 0.3 is 0 Å². The fraction of sp³-hybridized carbons (Fsp3) is 0.350. The molecule has 1 saturated heterocycles. The molecule has 0 aromatic heterocycles. The normalized spacial score (nSPS) is 15.1. The fourth-order valence-corrected chi connectivity index (χ4v) is 5.07. The first-order valence-corrected chi connectivity index (χ1v) is 11.1. The van der Waals surface area contributed by atoms with Crippen LogP contribution in [0.2, 0.25) is 0 Å². The van der Waals surface area contributed by atoms with E-state index < -0.39 is 10.0 Å². The maximum Gasteiger partial charge on any atom is 0.246 e. The second-order valence-corrected chi connectivity index (χ2v) is 9.09. The molecule has 0 atom stereocenters. The van der Waals surface area contributed by atoms with Gasteiger partial charge in [0, 0.05) is 24.5 Å². The summed E-state index contributed by atoms with van der Waals surface area (Å²) in [5.74, 6) is 0.327. The van der Waals surface area contributed by atoms with Crippen molar-refractivity contribution in [2.45, 2.75) is 31.1 Å². The Morgan fingerprint density at radius 1 is 1.00 bits per heavy atom. The lowest BCUT2D eigenvalue weighted by atomic mass is 10.2. The molecule has 1 aliphatic heterocycles. The summed E-state index contributed by atoms with van der Waals surface area (Å²) in [7, 11) is -2.15. The molecule has 0 spiro atoms. The van der Waals surface area contributed by atoms with Gasteiger partial charge in [-0.05, 0) is 62.3 Å². The Bertz CT molecular complexity index is 938. The highest BCUT2D eigenvalue weighted by molar-refractivity contribution is 7.89. The molecule has 1 heterocycles. The van der Waals surface area contributed by atoms with Gasteiger partial charge in [-0.1, -0.05) is 24.1 Å². The first-order chi connectivity index (χ1) is 13.4. The van der Waals surface area contributed by atoms with Crippen LogP contribution < -0.4 is 15.4 Å². The molecule has 0 bridgehead atoms. The highest BCUT2D eigenvalue weighted by Crippen LogP contribution is 2.31. The molecular formula is C20H25N3O3S2. The molecule has 1 aliphatic rings. The van der Waals surface area contributed by atoms with Crippen molar-refractivity contribution >= 4 is 38.7 Å². The minimum atomic E-state index is -3.62. The van der Waals surface area contributed by atoms with Crippen molar-refractivity contribution in [1.29, 1.82) is 0 Å². The van der Waals surface area contributed by atoms with E-state index in [1.54, 1.807) is 18.2 Å². The number of methoxy groups -OCH3 is 1. The molecule has 0 aliphatic carbocycles. The van der Waals surface area contributed by atoms with Crippen molar-refractivity contribution in [3.05, 3.63) is 48.0 Å². The Morgan fingerprint density at radius 3 is 2.25 bits per heavy atom. The molecule has 1 fully saturated rings. The number of aryl methyl sites for hydroxylation is 1. The molecular weight excluding hydrogens is 394 g/mol. The number of benzene rings is 2. The minimum Gasteiger partial charge on any atom is -0.495 e. The number of piperidine rings is 1. The molecule has 8 heteroatoms. The first kappa shape index (κ1) is 20.6. The number of nitrogens with zero attached hydrogens (tertiary/aromatic N) is 1. The van der Waals surface area contributed by atoms with Gasteiger partial charge in [-0.2, -0.15) is 4.31 Å². The summed E-state index contributed by atoms with van der Waals surface area (Å²) in [6.07, 6.45) is 2.82. The van der Waals surface area contributed by atoms with E-state index in [2.05, 4.69) is 10.6 Å². The number of anilines is 2. The quantitative estimate of drug-likeness (QED) is 0.714. The van der Waals surface area contributed by atoms with E-state index in [0.717, 1.165) is 30.5 Å². The lowest BCUT2D eigenvalue weighted by Gasteiger charge is -2.26. The molecule has 0 unspecified atom stereocenters. The van der Waals surface area contributed by atoms with Gasteiger partial charge in [-0.15, -0.1) is 0 Å². The average molecular weight is 420 g/mol. The van der Waals surface area contributed by atoms with Crippen LogP contribution in [0.1, 0.15) is 24.8 Å². The molecule has 0 radical (unpaired) electrons. The van der Waals surface area contributed by atoms with Crippen molar-refractivity contribution < 1.29 is 13.2 Å². The summed E-state index contributed by atoms with van der Waals surface area (Å²) in [4.78, 5) is 0.153. The number of thiocarbonyl (C=S) groups is 1. The third-order valence-corrected chi connectivity index (χ3v) is 6.79. The van der Waals surface area contributed by atoms with E-state index in [-0.39, 0.29) is 4.90 Å². The third-order valence-electron chi connectivity index (χ3n) is 4.66. The summed E-state index contributed by atoms with van der Waals surface area (Å²) in [5.41, 5.74) is 2.60. The van der Waals surface area contributed by atoms with Crippen LogP contribution in [0.4, 0.5) is 11.4 Å². The number of sulfonamides is 1. The van der Waals surface area contributed by atoms with Gasteiger partial charge in [0.1, 0.15) is 10.6 Å². The highest BCUT2D eigenvalue weighted by Gasteiger charge is 2.29. The van der Waals surface area contributed by atoms with Crippen LogP contribution in [0, 0.1) is 6.92 Å². The second-order valence-electron chi connectivity index (χ2n) is 6.78. The largest absolute Gasteiger partial charge is 0.495 e. The van der Waals surface area contributed by atoms with E-state index in [4.69, 9.17) is 17.0 Å². The van der Waals surface area contributed by atoms with Crippen LogP contribution in [0.15, 0.2) is 47.4 Å². The predicted octanol–water partition coefficient (Wildman–Crippen LogP) is 3.99. The van der Waals surface area contributed by atoms with Crippen LogP contribution in [-0.4, -0.2) is 38.0 Å². The van der Waals surface area contributed by atoms with Gasteiger partial charge in [0.25, 0.3) is 0 Å². The van der Waals surface area contributed by atoms with Crippen LogP contribution >= 0.6 is 12.2 Å². The molecule has 2 aromatic rings. The molecule has 0 amide bonds. The topological polar surface area (TPSA) is 70.7 Å². The van der Waals surface area contributed by atoms with E-state index in [1.807, 2.05) is 31.2 Å². The Hall–Kier alpha value is -2.16. The van der Waals surface area contributed by atoms with E-state index >= 15 is 0 Å². The Morgan fingerprint density at radius 2 is 1.61 bits per heavy atom.